The standard InChI is InChI=1S/C17H14BrNO7S/c1-27(23,24)15-6-9(18)2-3-10(15)16(20)19-12-8-14-13(25-4-5-26-14)7-11(12)17(21)22/h2-3,6-8H,4-5H2,1H3,(H,19,20)(H,21,22). The highest BCUT2D eigenvalue weighted by atomic mass is 79.9. The molecule has 1 amide bonds. The summed E-state index contributed by atoms with van der Waals surface area (Å²) in [4.78, 5) is 24.0. The van der Waals surface area contributed by atoms with Crippen molar-refractivity contribution in [1.29, 1.82) is 0 Å². The average Bonchev–Trinajstić information content (AvgIpc) is 2.60. The Morgan fingerprint density at radius 2 is 1.70 bits per heavy atom. The summed E-state index contributed by atoms with van der Waals surface area (Å²) in [6, 6.07) is 6.77. The molecular weight excluding hydrogens is 442 g/mol. The Labute approximate surface area is 163 Å². The van der Waals surface area contributed by atoms with Crippen molar-refractivity contribution in [2.24, 2.45) is 0 Å². The molecule has 142 valence electrons. The fourth-order valence-electron chi connectivity index (χ4n) is 2.55. The third kappa shape index (κ3) is 4.06. The van der Waals surface area contributed by atoms with Crippen LogP contribution in [0.4, 0.5) is 5.69 Å². The number of carbonyl (C=O) groups is 2. The molecule has 2 N–H and O–H groups in total. The van der Waals surface area contributed by atoms with Crippen molar-refractivity contribution in [1.82, 2.24) is 0 Å². The molecule has 0 aliphatic carbocycles. The Hall–Kier alpha value is -2.59. The van der Waals surface area contributed by atoms with Gasteiger partial charge >= 0.3 is 5.97 Å². The van der Waals surface area contributed by atoms with Crippen LogP contribution in [0.1, 0.15) is 20.7 Å². The van der Waals surface area contributed by atoms with Crippen molar-refractivity contribution in [3.63, 3.8) is 0 Å². The van der Waals surface area contributed by atoms with Crippen LogP contribution >= 0.6 is 15.9 Å². The molecule has 2 aromatic rings. The summed E-state index contributed by atoms with van der Waals surface area (Å²) in [5.41, 5.74) is -0.336. The second kappa shape index (κ2) is 7.20. The predicted molar refractivity (Wildman–Crippen MR) is 99.6 cm³/mol. The van der Waals surface area contributed by atoms with E-state index < -0.39 is 21.7 Å². The highest BCUT2D eigenvalue weighted by Crippen LogP contribution is 2.36. The number of carboxylic acids is 1. The second-order valence-electron chi connectivity index (χ2n) is 5.71. The monoisotopic (exact) mass is 455 g/mol. The topological polar surface area (TPSA) is 119 Å². The molecule has 0 saturated heterocycles. The van der Waals surface area contributed by atoms with E-state index in [1.807, 2.05) is 0 Å². The normalized spacial score (nSPS) is 13.1. The summed E-state index contributed by atoms with van der Waals surface area (Å²) in [6.45, 7) is 0.576. The van der Waals surface area contributed by atoms with E-state index >= 15 is 0 Å². The lowest BCUT2D eigenvalue weighted by atomic mass is 10.1. The molecule has 0 unspecified atom stereocenters. The Bertz CT molecular complexity index is 1050. The van der Waals surface area contributed by atoms with Crippen molar-refractivity contribution in [3.05, 3.63) is 45.9 Å². The van der Waals surface area contributed by atoms with Crippen LogP contribution in [0.2, 0.25) is 0 Å². The molecule has 3 rings (SSSR count). The zero-order valence-corrected chi connectivity index (χ0v) is 16.4. The predicted octanol–water partition coefficient (Wildman–Crippen LogP) is 2.57. The number of rotatable bonds is 4. The van der Waals surface area contributed by atoms with Gasteiger partial charge in [0.15, 0.2) is 21.3 Å². The van der Waals surface area contributed by atoms with Gasteiger partial charge in [-0.2, -0.15) is 0 Å². The number of hydrogen-bond acceptors (Lipinski definition) is 6. The SMILES string of the molecule is CS(=O)(=O)c1cc(Br)ccc1C(=O)Nc1cc2c(cc1C(=O)O)OCCO2. The van der Waals surface area contributed by atoms with Crippen molar-refractivity contribution >= 4 is 43.3 Å². The summed E-state index contributed by atoms with van der Waals surface area (Å²) >= 11 is 3.17. The zero-order valence-electron chi connectivity index (χ0n) is 14.0. The minimum Gasteiger partial charge on any atom is -0.486 e. The third-order valence-electron chi connectivity index (χ3n) is 3.75. The number of ether oxygens (including phenoxy) is 2. The maximum absolute atomic E-state index is 12.7. The molecule has 27 heavy (non-hydrogen) atoms. The van der Waals surface area contributed by atoms with Gasteiger partial charge in [-0.15, -0.1) is 0 Å². The molecule has 0 spiro atoms. The quantitative estimate of drug-likeness (QED) is 0.726. The van der Waals surface area contributed by atoms with Gasteiger partial charge in [0, 0.05) is 22.9 Å². The first-order chi connectivity index (χ1) is 12.7. The van der Waals surface area contributed by atoms with Gasteiger partial charge in [0.25, 0.3) is 5.91 Å². The van der Waals surface area contributed by atoms with Gasteiger partial charge in [-0.25, -0.2) is 13.2 Å². The number of halogens is 1. The first-order valence-corrected chi connectivity index (χ1v) is 10.3. The first kappa shape index (κ1) is 19.2. The van der Waals surface area contributed by atoms with E-state index in [1.165, 1.54) is 30.3 Å². The summed E-state index contributed by atoms with van der Waals surface area (Å²) < 4.78 is 35.2. The fraction of sp³-hybridized carbons (Fsp3) is 0.176. The summed E-state index contributed by atoms with van der Waals surface area (Å²) in [6.07, 6.45) is 0.984. The van der Waals surface area contributed by atoms with Crippen molar-refractivity contribution in [3.8, 4) is 11.5 Å². The molecule has 8 nitrogen and oxygen atoms in total. The van der Waals surface area contributed by atoms with Gasteiger partial charge < -0.3 is 19.9 Å². The Balaban J connectivity index is 2.03. The number of aromatic carboxylic acids is 1. The smallest absolute Gasteiger partial charge is 0.337 e. The Kier molecular flexibility index (Phi) is 5.11. The van der Waals surface area contributed by atoms with E-state index in [0.717, 1.165) is 6.26 Å². The number of sulfone groups is 1. The average molecular weight is 456 g/mol. The number of anilines is 1. The lowest BCUT2D eigenvalue weighted by Gasteiger charge is -2.20. The van der Waals surface area contributed by atoms with Crippen LogP contribution in [0.3, 0.4) is 0 Å². The third-order valence-corrected chi connectivity index (χ3v) is 5.38. The van der Waals surface area contributed by atoms with Crippen LogP contribution in [0, 0.1) is 0 Å². The highest BCUT2D eigenvalue weighted by Gasteiger charge is 2.24. The maximum atomic E-state index is 12.7. The van der Waals surface area contributed by atoms with E-state index in [0.29, 0.717) is 10.2 Å². The number of hydrogen-bond donors (Lipinski definition) is 2. The van der Waals surface area contributed by atoms with Gasteiger partial charge in [-0.3, -0.25) is 4.79 Å². The molecule has 10 heteroatoms. The number of benzene rings is 2. The van der Waals surface area contributed by atoms with Crippen molar-refractivity contribution in [2.75, 3.05) is 24.8 Å². The van der Waals surface area contributed by atoms with Gasteiger partial charge in [-0.05, 0) is 18.2 Å². The molecule has 0 bridgehead atoms. The largest absolute Gasteiger partial charge is 0.486 e. The maximum Gasteiger partial charge on any atom is 0.337 e. The van der Waals surface area contributed by atoms with Gasteiger partial charge in [0.1, 0.15) is 13.2 Å². The fourth-order valence-corrected chi connectivity index (χ4v) is 3.96. The van der Waals surface area contributed by atoms with Crippen LogP contribution in [-0.2, 0) is 9.84 Å². The lowest BCUT2D eigenvalue weighted by Crippen LogP contribution is -2.20. The van der Waals surface area contributed by atoms with E-state index in [-0.39, 0.29) is 40.7 Å². The summed E-state index contributed by atoms with van der Waals surface area (Å²) in [7, 11) is -3.69. The number of nitrogens with one attached hydrogen (secondary N) is 1. The van der Waals surface area contributed by atoms with Gasteiger partial charge in [0.05, 0.1) is 21.7 Å². The molecule has 0 saturated carbocycles. The molecule has 0 aromatic heterocycles. The number of carboxylic acid groups (broad SMARTS) is 1. The van der Waals surface area contributed by atoms with Crippen LogP contribution in [0.25, 0.3) is 0 Å². The molecular formula is C17H14BrNO7S. The van der Waals surface area contributed by atoms with E-state index in [9.17, 15) is 23.1 Å². The minimum atomic E-state index is -3.69. The van der Waals surface area contributed by atoms with Crippen LogP contribution < -0.4 is 14.8 Å². The van der Waals surface area contributed by atoms with Gasteiger partial charge in [-0.1, -0.05) is 15.9 Å². The molecule has 1 heterocycles. The van der Waals surface area contributed by atoms with Crippen LogP contribution in [-0.4, -0.2) is 44.9 Å². The highest BCUT2D eigenvalue weighted by molar-refractivity contribution is 9.10. The molecule has 1 aliphatic heterocycles. The Morgan fingerprint density at radius 3 is 2.30 bits per heavy atom. The molecule has 1 aliphatic rings. The number of fused-ring (bicyclic) bond motifs is 1. The van der Waals surface area contributed by atoms with Crippen molar-refractivity contribution in [2.45, 2.75) is 4.90 Å². The molecule has 2 aromatic carbocycles. The minimum absolute atomic E-state index is 0.0286. The first-order valence-electron chi connectivity index (χ1n) is 7.64. The Morgan fingerprint density at radius 1 is 1.07 bits per heavy atom. The number of amides is 1. The molecule has 0 radical (unpaired) electrons. The summed E-state index contributed by atoms with van der Waals surface area (Å²) in [5, 5.41) is 11.9. The van der Waals surface area contributed by atoms with E-state index in [4.69, 9.17) is 9.47 Å². The van der Waals surface area contributed by atoms with E-state index in [2.05, 4.69) is 21.2 Å². The van der Waals surface area contributed by atoms with Crippen LogP contribution in [0.15, 0.2) is 39.7 Å². The van der Waals surface area contributed by atoms with Gasteiger partial charge in [0.2, 0.25) is 0 Å². The van der Waals surface area contributed by atoms with Crippen molar-refractivity contribution < 1.29 is 32.6 Å². The zero-order chi connectivity index (χ0) is 19.8. The second-order valence-corrected chi connectivity index (χ2v) is 8.61. The summed E-state index contributed by atoms with van der Waals surface area (Å²) in [5.74, 6) is -1.48. The lowest BCUT2D eigenvalue weighted by molar-refractivity contribution is 0.0697. The number of carbonyl (C=O) groups excluding carboxylic acids is 1. The van der Waals surface area contributed by atoms with Crippen LogP contribution in [0.5, 0.6) is 11.5 Å². The van der Waals surface area contributed by atoms with E-state index in [1.54, 1.807) is 0 Å². The molecule has 0 atom stereocenters. The molecule has 0 fully saturated rings.